The predicted molar refractivity (Wildman–Crippen MR) is 130 cm³/mol. The largest absolute Gasteiger partial charge is 0.481 e. The highest BCUT2D eigenvalue weighted by Crippen LogP contribution is 2.44. The van der Waals surface area contributed by atoms with Crippen LogP contribution < -0.4 is 10.6 Å². The van der Waals surface area contributed by atoms with Crippen molar-refractivity contribution in [3.8, 4) is 11.1 Å². The van der Waals surface area contributed by atoms with Gasteiger partial charge < -0.3 is 25.2 Å². The molecular weight excluding hydrogens is 448 g/mol. The highest BCUT2D eigenvalue weighted by atomic mass is 16.5. The summed E-state index contributed by atoms with van der Waals surface area (Å²) < 4.78 is 11.1. The van der Waals surface area contributed by atoms with Crippen molar-refractivity contribution in [3.05, 3.63) is 59.7 Å². The van der Waals surface area contributed by atoms with Crippen molar-refractivity contribution in [1.29, 1.82) is 0 Å². The maximum absolute atomic E-state index is 12.9. The second kappa shape index (κ2) is 10.1. The van der Waals surface area contributed by atoms with E-state index in [1.165, 1.54) is 0 Å². The van der Waals surface area contributed by atoms with Gasteiger partial charge in [0.1, 0.15) is 12.6 Å². The van der Waals surface area contributed by atoms with E-state index in [1.807, 2.05) is 57.2 Å². The molecule has 0 aromatic heterocycles. The molecule has 0 radical (unpaired) electrons. The maximum Gasteiger partial charge on any atom is 0.407 e. The van der Waals surface area contributed by atoms with Gasteiger partial charge in [0.2, 0.25) is 5.91 Å². The van der Waals surface area contributed by atoms with Gasteiger partial charge in [-0.3, -0.25) is 9.59 Å². The molecule has 1 heterocycles. The number of amides is 2. The van der Waals surface area contributed by atoms with E-state index in [4.69, 9.17) is 14.6 Å². The van der Waals surface area contributed by atoms with Crippen molar-refractivity contribution in [2.24, 2.45) is 11.3 Å². The molecule has 186 valence electrons. The fraction of sp³-hybridized carbons (Fsp3) is 0.444. The van der Waals surface area contributed by atoms with Gasteiger partial charge in [-0.2, -0.15) is 0 Å². The minimum Gasteiger partial charge on any atom is -0.481 e. The van der Waals surface area contributed by atoms with Crippen molar-refractivity contribution < 1.29 is 29.0 Å². The summed E-state index contributed by atoms with van der Waals surface area (Å²) in [5, 5.41) is 14.6. The Labute approximate surface area is 205 Å². The van der Waals surface area contributed by atoms with Crippen LogP contribution in [-0.4, -0.2) is 55.0 Å². The molecule has 3 atom stereocenters. The van der Waals surface area contributed by atoms with Crippen LogP contribution in [0.25, 0.3) is 11.1 Å². The molecule has 8 heteroatoms. The first-order valence-electron chi connectivity index (χ1n) is 11.9. The first kappa shape index (κ1) is 24.7. The second-order valence-corrected chi connectivity index (χ2v) is 10.2. The van der Waals surface area contributed by atoms with Gasteiger partial charge >= 0.3 is 12.1 Å². The number of hydrogen-bond acceptors (Lipinski definition) is 5. The van der Waals surface area contributed by atoms with Gasteiger partial charge in [0, 0.05) is 12.5 Å². The number of carboxylic acids is 1. The molecule has 2 aromatic rings. The van der Waals surface area contributed by atoms with Crippen molar-refractivity contribution in [2.45, 2.75) is 45.3 Å². The summed E-state index contributed by atoms with van der Waals surface area (Å²) in [7, 11) is 0. The molecule has 8 nitrogen and oxygen atoms in total. The number of aliphatic carboxylic acids is 1. The third-order valence-corrected chi connectivity index (χ3v) is 6.67. The Morgan fingerprint density at radius 2 is 1.66 bits per heavy atom. The number of fused-ring (bicyclic) bond motifs is 3. The first-order chi connectivity index (χ1) is 16.6. The zero-order valence-corrected chi connectivity index (χ0v) is 20.2. The average molecular weight is 481 g/mol. The molecular formula is C27H32N2O6. The number of alkyl carbamates (subject to hydrolysis) is 1. The number of benzene rings is 2. The molecule has 2 aromatic carbocycles. The smallest absolute Gasteiger partial charge is 0.407 e. The predicted octanol–water partition coefficient (Wildman–Crippen LogP) is 3.55. The van der Waals surface area contributed by atoms with Crippen LogP contribution in [-0.2, 0) is 19.1 Å². The van der Waals surface area contributed by atoms with Crippen LogP contribution in [0.4, 0.5) is 4.79 Å². The van der Waals surface area contributed by atoms with Gasteiger partial charge in [0.05, 0.1) is 18.6 Å². The van der Waals surface area contributed by atoms with Crippen molar-refractivity contribution in [1.82, 2.24) is 10.6 Å². The Morgan fingerprint density at radius 1 is 1.06 bits per heavy atom. The Morgan fingerprint density at radius 3 is 2.20 bits per heavy atom. The summed E-state index contributed by atoms with van der Waals surface area (Å²) in [6, 6.07) is 15.3. The molecule has 2 amide bonds. The Kier molecular flexibility index (Phi) is 7.12. The number of carbonyl (C=O) groups excluding carboxylic acids is 2. The van der Waals surface area contributed by atoms with E-state index in [9.17, 15) is 14.4 Å². The van der Waals surface area contributed by atoms with Crippen LogP contribution in [0.5, 0.6) is 0 Å². The molecule has 1 saturated heterocycles. The number of carboxylic acid groups (broad SMARTS) is 1. The zero-order valence-electron chi connectivity index (χ0n) is 20.2. The highest BCUT2D eigenvalue weighted by molar-refractivity contribution is 5.86. The summed E-state index contributed by atoms with van der Waals surface area (Å²) in [5.41, 5.74) is 3.94. The standard InChI is InChI=1S/C27H32N2O6/c1-27(2,3)23(24(30)28-13-17-12-16(14-34-17)25(31)32)29-26(33)35-15-22-20-10-6-4-8-18(20)19-9-5-7-11-21(19)22/h4-11,16-17,22-23H,12-15H2,1-3H3,(H,28,30)(H,29,33)(H,31,32). The number of hydrogen-bond donors (Lipinski definition) is 3. The molecule has 1 aliphatic heterocycles. The zero-order chi connectivity index (χ0) is 25.2. The lowest BCUT2D eigenvalue weighted by Gasteiger charge is -2.30. The Hall–Kier alpha value is -3.39. The summed E-state index contributed by atoms with van der Waals surface area (Å²) in [6.45, 7) is 6.04. The summed E-state index contributed by atoms with van der Waals surface area (Å²) >= 11 is 0. The number of rotatable bonds is 7. The molecule has 3 unspecified atom stereocenters. The normalized spacial score (nSPS) is 20.0. The summed E-state index contributed by atoms with van der Waals surface area (Å²) in [4.78, 5) is 36.8. The van der Waals surface area contributed by atoms with Crippen LogP contribution in [0.3, 0.4) is 0 Å². The molecule has 1 fully saturated rings. The van der Waals surface area contributed by atoms with Crippen molar-refractivity contribution in [2.75, 3.05) is 19.8 Å². The number of nitrogens with one attached hydrogen (secondary N) is 2. The third kappa shape index (κ3) is 5.48. The van der Waals surface area contributed by atoms with E-state index >= 15 is 0 Å². The molecule has 3 N–H and O–H groups in total. The monoisotopic (exact) mass is 480 g/mol. The van der Waals surface area contributed by atoms with E-state index < -0.39 is 29.4 Å². The van der Waals surface area contributed by atoms with Gasteiger partial charge in [-0.15, -0.1) is 0 Å². The van der Waals surface area contributed by atoms with E-state index in [0.29, 0.717) is 6.42 Å². The van der Waals surface area contributed by atoms with Crippen LogP contribution in [0, 0.1) is 11.3 Å². The quantitative estimate of drug-likeness (QED) is 0.559. The van der Waals surface area contributed by atoms with Crippen LogP contribution in [0.2, 0.25) is 0 Å². The van der Waals surface area contributed by atoms with E-state index in [-0.39, 0.29) is 37.7 Å². The number of carbonyl (C=O) groups is 3. The van der Waals surface area contributed by atoms with Crippen molar-refractivity contribution in [3.63, 3.8) is 0 Å². The lowest BCUT2D eigenvalue weighted by atomic mass is 9.86. The number of ether oxygens (including phenoxy) is 2. The summed E-state index contributed by atoms with van der Waals surface area (Å²) in [5.74, 6) is -1.90. The molecule has 2 aliphatic rings. The van der Waals surface area contributed by atoms with Crippen LogP contribution >= 0.6 is 0 Å². The van der Waals surface area contributed by atoms with Crippen LogP contribution in [0.1, 0.15) is 44.2 Å². The Bertz CT molecular complexity index is 1060. The molecule has 35 heavy (non-hydrogen) atoms. The van der Waals surface area contributed by atoms with Gasteiger partial charge in [-0.1, -0.05) is 69.3 Å². The van der Waals surface area contributed by atoms with E-state index in [2.05, 4.69) is 22.8 Å². The second-order valence-electron chi connectivity index (χ2n) is 10.2. The SMILES string of the molecule is CC(C)(C)C(NC(=O)OCC1c2ccccc2-c2ccccc21)C(=O)NCC1CC(C(=O)O)CO1. The minimum absolute atomic E-state index is 0.0724. The molecule has 4 rings (SSSR count). The van der Waals surface area contributed by atoms with E-state index in [0.717, 1.165) is 22.3 Å². The fourth-order valence-electron chi connectivity index (χ4n) is 4.77. The molecule has 0 spiro atoms. The highest BCUT2D eigenvalue weighted by Gasteiger charge is 2.36. The van der Waals surface area contributed by atoms with Gasteiger partial charge in [0.25, 0.3) is 0 Å². The van der Waals surface area contributed by atoms with E-state index in [1.54, 1.807) is 0 Å². The van der Waals surface area contributed by atoms with Crippen LogP contribution in [0.15, 0.2) is 48.5 Å². The van der Waals surface area contributed by atoms with Gasteiger partial charge in [0.15, 0.2) is 0 Å². The molecule has 0 bridgehead atoms. The lowest BCUT2D eigenvalue weighted by molar-refractivity contribution is -0.141. The summed E-state index contributed by atoms with van der Waals surface area (Å²) in [6.07, 6.45) is -0.685. The fourth-order valence-corrected chi connectivity index (χ4v) is 4.77. The van der Waals surface area contributed by atoms with Gasteiger partial charge in [-0.25, -0.2) is 4.79 Å². The minimum atomic E-state index is -0.900. The third-order valence-electron chi connectivity index (χ3n) is 6.67. The average Bonchev–Trinajstić information content (AvgIpc) is 3.42. The maximum atomic E-state index is 12.9. The van der Waals surface area contributed by atoms with Gasteiger partial charge in [-0.05, 0) is 34.1 Å². The molecule has 0 saturated carbocycles. The van der Waals surface area contributed by atoms with Crippen molar-refractivity contribution >= 4 is 18.0 Å². The topological polar surface area (TPSA) is 114 Å². The first-order valence-corrected chi connectivity index (χ1v) is 11.9. The lowest BCUT2D eigenvalue weighted by Crippen LogP contribution is -2.54. The Balaban J connectivity index is 1.35. The molecule has 1 aliphatic carbocycles.